The maximum absolute atomic E-state index is 12.4. The maximum Gasteiger partial charge on any atom is 0.262 e. The number of hydrogen-bond acceptors (Lipinski definition) is 2. The molecule has 0 heterocycles. The Kier molecular flexibility index (Phi) is 6.24. The van der Waals surface area contributed by atoms with E-state index in [1.54, 1.807) is 0 Å². The zero-order valence-electron chi connectivity index (χ0n) is 16.1. The van der Waals surface area contributed by atoms with Gasteiger partial charge in [-0.1, -0.05) is 58.0 Å². The van der Waals surface area contributed by atoms with E-state index in [1.807, 2.05) is 38.1 Å². The highest BCUT2D eigenvalue weighted by Crippen LogP contribution is 2.28. The standard InChI is InChI=1S/C22H29NO2/c1-14(2)18-11-10-16(5)20(12-18)25-13-21(24)23-22-17(6)8-7-9-19(22)15(3)4/h7-12,14-15H,13H2,1-6H3,(H,23,24). The number of anilines is 1. The van der Waals surface area contributed by atoms with Crippen LogP contribution in [0.4, 0.5) is 5.69 Å². The molecule has 0 fully saturated rings. The first-order chi connectivity index (χ1) is 11.8. The number of carbonyl (C=O) groups is 1. The summed E-state index contributed by atoms with van der Waals surface area (Å²) >= 11 is 0. The second kappa shape index (κ2) is 8.19. The average Bonchev–Trinajstić information content (AvgIpc) is 2.55. The van der Waals surface area contributed by atoms with Crippen LogP contribution in [0.2, 0.25) is 0 Å². The number of nitrogens with one attached hydrogen (secondary N) is 1. The highest BCUT2D eigenvalue weighted by atomic mass is 16.5. The first-order valence-corrected chi connectivity index (χ1v) is 8.92. The summed E-state index contributed by atoms with van der Waals surface area (Å²) in [5.41, 5.74) is 5.36. The number of amides is 1. The number of rotatable bonds is 6. The normalized spacial score (nSPS) is 11.0. The van der Waals surface area contributed by atoms with Crippen molar-refractivity contribution in [1.29, 1.82) is 0 Å². The molecule has 25 heavy (non-hydrogen) atoms. The third-order valence-electron chi connectivity index (χ3n) is 4.43. The lowest BCUT2D eigenvalue weighted by Gasteiger charge is -2.17. The second-order valence-electron chi connectivity index (χ2n) is 7.21. The van der Waals surface area contributed by atoms with E-state index in [9.17, 15) is 4.79 Å². The highest BCUT2D eigenvalue weighted by molar-refractivity contribution is 5.93. The summed E-state index contributed by atoms with van der Waals surface area (Å²) < 4.78 is 5.79. The third-order valence-corrected chi connectivity index (χ3v) is 4.43. The molecular formula is C22H29NO2. The van der Waals surface area contributed by atoms with Gasteiger partial charge in [0, 0.05) is 5.69 Å². The van der Waals surface area contributed by atoms with E-state index in [-0.39, 0.29) is 12.5 Å². The predicted molar refractivity (Wildman–Crippen MR) is 105 cm³/mol. The fraction of sp³-hybridized carbons (Fsp3) is 0.409. The molecule has 2 rings (SSSR count). The number of ether oxygens (including phenoxy) is 1. The van der Waals surface area contributed by atoms with E-state index in [1.165, 1.54) is 5.56 Å². The van der Waals surface area contributed by atoms with Crippen molar-refractivity contribution < 1.29 is 9.53 Å². The molecule has 0 aliphatic heterocycles. The Morgan fingerprint density at radius 2 is 1.72 bits per heavy atom. The fourth-order valence-corrected chi connectivity index (χ4v) is 2.79. The van der Waals surface area contributed by atoms with Gasteiger partial charge in [-0.2, -0.15) is 0 Å². The number of aryl methyl sites for hydroxylation is 2. The Bertz CT molecular complexity index is 748. The molecule has 3 nitrogen and oxygen atoms in total. The summed E-state index contributed by atoms with van der Waals surface area (Å²) in [5.74, 6) is 1.42. The molecule has 0 radical (unpaired) electrons. The van der Waals surface area contributed by atoms with Gasteiger partial charge >= 0.3 is 0 Å². The zero-order chi connectivity index (χ0) is 18.6. The van der Waals surface area contributed by atoms with Crippen LogP contribution in [0.25, 0.3) is 0 Å². The summed E-state index contributed by atoms with van der Waals surface area (Å²) in [5, 5.41) is 3.02. The van der Waals surface area contributed by atoms with Crippen molar-refractivity contribution in [2.24, 2.45) is 0 Å². The van der Waals surface area contributed by atoms with Gasteiger partial charge in [0.15, 0.2) is 6.61 Å². The summed E-state index contributed by atoms with van der Waals surface area (Å²) in [6.07, 6.45) is 0. The average molecular weight is 339 g/mol. The van der Waals surface area contributed by atoms with E-state index in [0.717, 1.165) is 28.1 Å². The van der Waals surface area contributed by atoms with Crippen LogP contribution in [0.15, 0.2) is 36.4 Å². The molecule has 0 atom stereocenters. The minimum Gasteiger partial charge on any atom is -0.483 e. The summed E-state index contributed by atoms with van der Waals surface area (Å²) in [4.78, 5) is 12.4. The Morgan fingerprint density at radius 3 is 2.36 bits per heavy atom. The summed E-state index contributed by atoms with van der Waals surface area (Å²) in [6, 6.07) is 12.3. The van der Waals surface area contributed by atoms with E-state index < -0.39 is 0 Å². The van der Waals surface area contributed by atoms with Crippen molar-refractivity contribution in [3.63, 3.8) is 0 Å². The predicted octanol–water partition coefficient (Wildman–Crippen LogP) is 5.57. The van der Waals surface area contributed by atoms with Crippen LogP contribution in [-0.2, 0) is 4.79 Å². The molecule has 1 amide bonds. The van der Waals surface area contributed by atoms with Gasteiger partial charge in [-0.3, -0.25) is 4.79 Å². The van der Waals surface area contributed by atoms with Gasteiger partial charge in [-0.25, -0.2) is 0 Å². The third kappa shape index (κ3) is 4.85. The van der Waals surface area contributed by atoms with Crippen LogP contribution in [0, 0.1) is 13.8 Å². The molecule has 0 aromatic heterocycles. The Hall–Kier alpha value is -2.29. The van der Waals surface area contributed by atoms with Gasteiger partial charge in [0.25, 0.3) is 5.91 Å². The van der Waals surface area contributed by atoms with Crippen LogP contribution in [0.1, 0.15) is 61.8 Å². The Labute approximate surface area is 151 Å². The minimum absolute atomic E-state index is 0.00819. The fourth-order valence-electron chi connectivity index (χ4n) is 2.79. The van der Waals surface area contributed by atoms with Gasteiger partial charge in [0.05, 0.1) is 0 Å². The molecule has 1 N–H and O–H groups in total. The van der Waals surface area contributed by atoms with Gasteiger partial charge in [0.1, 0.15) is 5.75 Å². The molecule has 0 bridgehead atoms. The zero-order valence-corrected chi connectivity index (χ0v) is 16.1. The van der Waals surface area contributed by atoms with Crippen LogP contribution in [0.5, 0.6) is 5.75 Å². The van der Waals surface area contributed by atoms with Gasteiger partial charge in [0.2, 0.25) is 0 Å². The van der Waals surface area contributed by atoms with Crippen molar-refractivity contribution in [3.05, 3.63) is 58.7 Å². The highest BCUT2D eigenvalue weighted by Gasteiger charge is 2.13. The molecule has 3 heteroatoms. The number of benzene rings is 2. The molecule has 0 saturated carbocycles. The van der Waals surface area contributed by atoms with Gasteiger partial charge < -0.3 is 10.1 Å². The molecule has 134 valence electrons. The van der Waals surface area contributed by atoms with Crippen molar-refractivity contribution in [2.75, 3.05) is 11.9 Å². The lowest BCUT2D eigenvalue weighted by Crippen LogP contribution is -2.22. The molecule has 0 aliphatic carbocycles. The molecule has 2 aromatic rings. The van der Waals surface area contributed by atoms with Crippen molar-refractivity contribution in [1.82, 2.24) is 0 Å². The van der Waals surface area contributed by atoms with Gasteiger partial charge in [-0.15, -0.1) is 0 Å². The van der Waals surface area contributed by atoms with Crippen LogP contribution in [0.3, 0.4) is 0 Å². The van der Waals surface area contributed by atoms with Crippen LogP contribution < -0.4 is 10.1 Å². The summed E-state index contributed by atoms with van der Waals surface area (Å²) in [7, 11) is 0. The van der Waals surface area contributed by atoms with E-state index in [4.69, 9.17) is 4.74 Å². The quantitative estimate of drug-likeness (QED) is 0.747. The molecule has 0 saturated heterocycles. The maximum atomic E-state index is 12.4. The van der Waals surface area contributed by atoms with Gasteiger partial charge in [-0.05, 0) is 54.0 Å². The van der Waals surface area contributed by atoms with Crippen LogP contribution >= 0.6 is 0 Å². The van der Waals surface area contributed by atoms with E-state index in [0.29, 0.717) is 11.8 Å². The smallest absolute Gasteiger partial charge is 0.262 e. The molecule has 0 aliphatic rings. The summed E-state index contributed by atoms with van der Waals surface area (Å²) in [6.45, 7) is 12.6. The number of hydrogen-bond donors (Lipinski definition) is 1. The SMILES string of the molecule is Cc1ccc(C(C)C)cc1OCC(=O)Nc1c(C)cccc1C(C)C. The second-order valence-corrected chi connectivity index (χ2v) is 7.21. The molecule has 0 spiro atoms. The first-order valence-electron chi connectivity index (χ1n) is 8.92. The Balaban J connectivity index is 2.09. The minimum atomic E-state index is -0.134. The number of para-hydroxylation sites is 1. The van der Waals surface area contributed by atoms with Crippen LogP contribution in [-0.4, -0.2) is 12.5 Å². The van der Waals surface area contributed by atoms with E-state index in [2.05, 4.69) is 45.1 Å². The largest absolute Gasteiger partial charge is 0.483 e. The molecular weight excluding hydrogens is 310 g/mol. The van der Waals surface area contributed by atoms with Crippen molar-refractivity contribution >= 4 is 11.6 Å². The van der Waals surface area contributed by atoms with E-state index >= 15 is 0 Å². The van der Waals surface area contributed by atoms with Crippen molar-refractivity contribution in [3.8, 4) is 5.75 Å². The first kappa shape index (κ1) is 19.0. The Morgan fingerprint density at radius 1 is 1.00 bits per heavy atom. The monoisotopic (exact) mass is 339 g/mol. The molecule has 0 unspecified atom stereocenters. The topological polar surface area (TPSA) is 38.3 Å². The lowest BCUT2D eigenvalue weighted by atomic mass is 9.98. The lowest BCUT2D eigenvalue weighted by molar-refractivity contribution is -0.118. The molecule has 2 aromatic carbocycles. The van der Waals surface area contributed by atoms with Crippen molar-refractivity contribution in [2.45, 2.75) is 53.4 Å². The number of carbonyl (C=O) groups excluding carboxylic acids is 1.